The smallest absolute Gasteiger partial charge is 0.232 e. The molecule has 0 bridgehead atoms. The van der Waals surface area contributed by atoms with Crippen LogP contribution in [0.5, 0.6) is 17.2 Å². The Hall–Kier alpha value is -3.25. The monoisotopic (exact) mass is 460 g/mol. The van der Waals surface area contributed by atoms with Gasteiger partial charge in [0.2, 0.25) is 5.78 Å². The Balaban J connectivity index is 1.54. The van der Waals surface area contributed by atoms with E-state index in [9.17, 15) is 9.90 Å². The van der Waals surface area contributed by atoms with Crippen LogP contribution in [0.25, 0.3) is 17.0 Å². The quantitative estimate of drug-likeness (QED) is 0.507. The number of aromatic nitrogens is 1. The summed E-state index contributed by atoms with van der Waals surface area (Å²) in [6.45, 7) is 9.58. The van der Waals surface area contributed by atoms with E-state index in [0.717, 1.165) is 66.2 Å². The summed E-state index contributed by atoms with van der Waals surface area (Å²) >= 11 is 0. The SMILES string of the molecule is CCn1cc(/C=C2\Oc3c(CN4CCC(C)CC4)c(O)cc(C)c3C2=O)c2cc(OC)ccc21. The number of fused-ring (bicyclic) bond motifs is 2. The summed E-state index contributed by atoms with van der Waals surface area (Å²) in [5.41, 5.74) is 3.97. The molecule has 1 N–H and O–H groups in total. The number of likely N-dealkylation sites (tertiary alicyclic amines) is 1. The Morgan fingerprint density at radius 2 is 2.00 bits per heavy atom. The number of phenolic OH excluding ortho intramolecular Hbond substituents is 1. The maximum atomic E-state index is 13.4. The second-order valence-corrected chi connectivity index (χ2v) is 9.55. The van der Waals surface area contributed by atoms with Gasteiger partial charge in [-0.25, -0.2) is 0 Å². The van der Waals surface area contributed by atoms with E-state index in [1.807, 2.05) is 37.4 Å². The van der Waals surface area contributed by atoms with Gasteiger partial charge < -0.3 is 19.1 Å². The molecule has 0 unspecified atom stereocenters. The molecule has 0 atom stereocenters. The van der Waals surface area contributed by atoms with Crippen LogP contribution in [0.2, 0.25) is 0 Å². The normalized spacial score (nSPS) is 18.0. The Morgan fingerprint density at radius 3 is 2.71 bits per heavy atom. The Labute approximate surface area is 200 Å². The van der Waals surface area contributed by atoms with Crippen LogP contribution < -0.4 is 9.47 Å². The summed E-state index contributed by atoms with van der Waals surface area (Å²) in [6.07, 6.45) is 6.14. The van der Waals surface area contributed by atoms with Crippen molar-refractivity contribution in [1.29, 1.82) is 0 Å². The minimum absolute atomic E-state index is 0.138. The first-order valence-electron chi connectivity index (χ1n) is 12.1. The van der Waals surface area contributed by atoms with Crippen molar-refractivity contribution in [3.05, 3.63) is 58.5 Å². The van der Waals surface area contributed by atoms with Gasteiger partial charge >= 0.3 is 0 Å². The molecule has 3 heterocycles. The van der Waals surface area contributed by atoms with Gasteiger partial charge in [-0.2, -0.15) is 0 Å². The molecule has 34 heavy (non-hydrogen) atoms. The van der Waals surface area contributed by atoms with Gasteiger partial charge in [0.25, 0.3) is 0 Å². The zero-order chi connectivity index (χ0) is 24.0. The molecule has 6 heteroatoms. The molecular formula is C28H32N2O4. The Morgan fingerprint density at radius 1 is 1.24 bits per heavy atom. The number of hydrogen-bond donors (Lipinski definition) is 1. The number of benzene rings is 2. The highest BCUT2D eigenvalue weighted by Crippen LogP contribution is 2.43. The molecule has 0 spiro atoms. The fraction of sp³-hybridized carbons (Fsp3) is 0.393. The standard InChI is InChI=1S/C28H32N2O4/c1-5-30-15-19(21-14-20(33-4)6-7-23(21)30)13-25-27(32)26-18(3)12-24(31)22(28(26)34-25)16-29-10-8-17(2)9-11-29/h6-7,12-15,17,31H,5,8-11,16H2,1-4H3/b25-13-. The van der Waals surface area contributed by atoms with E-state index in [1.165, 1.54) is 0 Å². The first-order valence-corrected chi connectivity index (χ1v) is 12.1. The number of methoxy groups -OCH3 is 1. The fourth-order valence-corrected chi connectivity index (χ4v) is 5.13. The second-order valence-electron chi connectivity index (χ2n) is 9.55. The predicted octanol–water partition coefficient (Wildman–Crippen LogP) is 5.53. The number of nitrogens with zero attached hydrogens (tertiary/aromatic N) is 2. The van der Waals surface area contributed by atoms with E-state index in [0.29, 0.717) is 23.4 Å². The first kappa shape index (κ1) is 22.5. The van der Waals surface area contributed by atoms with Crippen LogP contribution in [-0.4, -0.2) is 40.6 Å². The topological polar surface area (TPSA) is 63.9 Å². The van der Waals surface area contributed by atoms with Crippen molar-refractivity contribution in [1.82, 2.24) is 9.47 Å². The lowest BCUT2D eigenvalue weighted by Crippen LogP contribution is -2.32. The summed E-state index contributed by atoms with van der Waals surface area (Å²) in [5, 5.41) is 11.8. The average Bonchev–Trinajstić information content (AvgIpc) is 3.35. The molecule has 2 aliphatic rings. The van der Waals surface area contributed by atoms with Gasteiger partial charge in [-0.15, -0.1) is 0 Å². The molecule has 178 valence electrons. The van der Waals surface area contributed by atoms with Crippen LogP contribution in [-0.2, 0) is 13.1 Å². The Kier molecular flexibility index (Phi) is 5.86. The summed E-state index contributed by atoms with van der Waals surface area (Å²) in [5.74, 6) is 2.34. The summed E-state index contributed by atoms with van der Waals surface area (Å²) in [7, 11) is 1.65. The van der Waals surface area contributed by atoms with Crippen molar-refractivity contribution in [2.45, 2.75) is 46.7 Å². The number of ether oxygens (including phenoxy) is 2. The van der Waals surface area contributed by atoms with E-state index >= 15 is 0 Å². The van der Waals surface area contributed by atoms with Crippen molar-refractivity contribution in [3.63, 3.8) is 0 Å². The summed E-state index contributed by atoms with van der Waals surface area (Å²) in [4.78, 5) is 15.8. The number of rotatable bonds is 5. The molecule has 1 saturated heterocycles. The lowest BCUT2D eigenvalue weighted by molar-refractivity contribution is 0.101. The first-order chi connectivity index (χ1) is 16.4. The minimum atomic E-state index is -0.138. The number of phenols is 1. The lowest BCUT2D eigenvalue weighted by atomic mass is 9.96. The summed E-state index contributed by atoms with van der Waals surface area (Å²) < 4.78 is 13.8. The van der Waals surface area contributed by atoms with Gasteiger partial charge in [0.1, 0.15) is 17.2 Å². The van der Waals surface area contributed by atoms with E-state index in [-0.39, 0.29) is 17.3 Å². The molecule has 0 radical (unpaired) electrons. The molecule has 0 aliphatic carbocycles. The van der Waals surface area contributed by atoms with Crippen LogP contribution in [0.4, 0.5) is 0 Å². The minimum Gasteiger partial charge on any atom is -0.507 e. The van der Waals surface area contributed by atoms with Gasteiger partial charge in [-0.1, -0.05) is 6.92 Å². The predicted molar refractivity (Wildman–Crippen MR) is 134 cm³/mol. The lowest BCUT2D eigenvalue weighted by Gasteiger charge is -2.30. The number of aryl methyl sites for hydroxylation is 2. The van der Waals surface area contributed by atoms with E-state index in [4.69, 9.17) is 9.47 Å². The third kappa shape index (κ3) is 3.86. The van der Waals surface area contributed by atoms with Crippen molar-refractivity contribution in [2.24, 2.45) is 5.92 Å². The zero-order valence-corrected chi connectivity index (χ0v) is 20.4. The number of hydrogen-bond acceptors (Lipinski definition) is 5. The maximum absolute atomic E-state index is 13.4. The third-order valence-corrected chi connectivity index (χ3v) is 7.23. The van der Waals surface area contributed by atoms with E-state index in [1.54, 1.807) is 13.2 Å². The Bertz CT molecular complexity index is 1300. The van der Waals surface area contributed by atoms with Crippen molar-refractivity contribution < 1.29 is 19.4 Å². The molecule has 2 aromatic carbocycles. The van der Waals surface area contributed by atoms with Crippen LogP contribution in [0, 0.1) is 12.8 Å². The molecule has 1 fully saturated rings. The third-order valence-electron chi connectivity index (χ3n) is 7.23. The average molecular weight is 461 g/mol. The van der Waals surface area contributed by atoms with Crippen LogP contribution in [0.15, 0.2) is 36.2 Å². The zero-order valence-electron chi connectivity index (χ0n) is 20.4. The number of Topliss-reactive ketones (excluding diaryl/α,β-unsaturated/α-hetero) is 1. The summed E-state index contributed by atoms with van der Waals surface area (Å²) in [6, 6.07) is 7.66. The number of ketones is 1. The van der Waals surface area contributed by atoms with Gasteiger partial charge in [0.05, 0.1) is 18.2 Å². The van der Waals surface area contributed by atoms with E-state index in [2.05, 4.69) is 23.3 Å². The second kappa shape index (κ2) is 8.84. The van der Waals surface area contributed by atoms with Gasteiger partial charge in [-0.05, 0) is 81.6 Å². The molecule has 0 amide bonds. The van der Waals surface area contributed by atoms with Crippen molar-refractivity contribution in [2.75, 3.05) is 20.2 Å². The highest BCUT2D eigenvalue weighted by atomic mass is 16.5. The highest BCUT2D eigenvalue weighted by molar-refractivity contribution is 6.16. The molecule has 6 nitrogen and oxygen atoms in total. The van der Waals surface area contributed by atoms with Crippen LogP contribution in [0.3, 0.4) is 0 Å². The van der Waals surface area contributed by atoms with Crippen molar-refractivity contribution >= 4 is 22.8 Å². The van der Waals surface area contributed by atoms with E-state index < -0.39 is 0 Å². The molecule has 5 rings (SSSR count). The van der Waals surface area contributed by atoms with Crippen LogP contribution in [0.1, 0.15) is 53.7 Å². The van der Waals surface area contributed by atoms with Gasteiger partial charge in [-0.3, -0.25) is 9.69 Å². The largest absolute Gasteiger partial charge is 0.507 e. The molecule has 1 aromatic heterocycles. The number of aromatic hydroxyl groups is 1. The van der Waals surface area contributed by atoms with Gasteiger partial charge in [0, 0.05) is 35.8 Å². The number of piperidine rings is 1. The number of carbonyl (C=O) groups excluding carboxylic acids is 1. The fourth-order valence-electron chi connectivity index (χ4n) is 5.13. The number of allylic oxidation sites excluding steroid dienone is 1. The number of carbonyl (C=O) groups is 1. The van der Waals surface area contributed by atoms with Crippen LogP contribution >= 0.6 is 0 Å². The molecule has 3 aromatic rings. The molecular weight excluding hydrogens is 428 g/mol. The molecule has 0 saturated carbocycles. The molecule has 2 aliphatic heterocycles. The maximum Gasteiger partial charge on any atom is 0.232 e. The highest BCUT2D eigenvalue weighted by Gasteiger charge is 2.34. The van der Waals surface area contributed by atoms with Gasteiger partial charge in [0.15, 0.2) is 5.76 Å². The van der Waals surface area contributed by atoms with Crippen molar-refractivity contribution in [3.8, 4) is 17.2 Å².